The van der Waals surface area contributed by atoms with Gasteiger partial charge in [0.2, 0.25) is 0 Å². The second-order valence-electron chi connectivity index (χ2n) is 7.70. The van der Waals surface area contributed by atoms with E-state index in [1.165, 1.54) is 36.4 Å². The average Bonchev–Trinajstić information content (AvgIpc) is 2.80. The molecule has 3 aromatic carbocycles. The quantitative estimate of drug-likeness (QED) is 0.383. The first-order chi connectivity index (χ1) is 16.2. The maximum Gasteiger partial charge on any atom is 0.272 e. The van der Waals surface area contributed by atoms with Crippen molar-refractivity contribution in [3.05, 3.63) is 114 Å². The van der Waals surface area contributed by atoms with Crippen LogP contribution >= 0.6 is 0 Å². The molecule has 0 radical (unpaired) electrons. The van der Waals surface area contributed by atoms with Crippen LogP contribution in [0.15, 0.2) is 60.7 Å². The number of nitrogens with zero attached hydrogens (tertiary/aromatic N) is 2. The lowest BCUT2D eigenvalue weighted by Crippen LogP contribution is -2.24. The number of carbonyl (C=O) groups excluding carboxylic acids is 2. The van der Waals surface area contributed by atoms with Gasteiger partial charge in [-0.15, -0.1) is 0 Å². The van der Waals surface area contributed by atoms with Crippen molar-refractivity contribution in [2.45, 2.75) is 26.9 Å². The maximum atomic E-state index is 12.4. The Kier molecular flexibility index (Phi) is 7.32. The van der Waals surface area contributed by atoms with Crippen molar-refractivity contribution < 1.29 is 19.4 Å². The van der Waals surface area contributed by atoms with E-state index in [2.05, 4.69) is 10.6 Å². The van der Waals surface area contributed by atoms with E-state index in [9.17, 15) is 29.8 Å². The molecule has 10 nitrogen and oxygen atoms in total. The molecule has 2 N–H and O–H groups in total. The Morgan fingerprint density at radius 2 is 1.12 bits per heavy atom. The molecule has 34 heavy (non-hydrogen) atoms. The zero-order chi connectivity index (χ0) is 24.8. The summed E-state index contributed by atoms with van der Waals surface area (Å²) in [6.45, 7) is 3.62. The second-order valence-corrected chi connectivity index (χ2v) is 7.70. The molecule has 0 atom stereocenters. The number of aryl methyl sites for hydroxylation is 2. The van der Waals surface area contributed by atoms with Crippen molar-refractivity contribution in [1.82, 2.24) is 10.6 Å². The Labute approximate surface area is 194 Å². The summed E-state index contributed by atoms with van der Waals surface area (Å²) in [7, 11) is 0. The summed E-state index contributed by atoms with van der Waals surface area (Å²) in [5.74, 6) is -0.713. The minimum Gasteiger partial charge on any atom is -0.348 e. The van der Waals surface area contributed by atoms with Crippen molar-refractivity contribution >= 4 is 23.2 Å². The third-order valence-corrected chi connectivity index (χ3v) is 5.21. The fraction of sp³-hybridized carbons (Fsp3) is 0.167. The highest BCUT2D eigenvalue weighted by Gasteiger charge is 2.15. The lowest BCUT2D eigenvalue weighted by molar-refractivity contribution is -0.385. The van der Waals surface area contributed by atoms with E-state index in [-0.39, 0.29) is 36.3 Å². The second kappa shape index (κ2) is 10.3. The van der Waals surface area contributed by atoms with Gasteiger partial charge in [0.25, 0.3) is 23.2 Å². The summed E-state index contributed by atoms with van der Waals surface area (Å²) in [6.07, 6.45) is 0. The van der Waals surface area contributed by atoms with Gasteiger partial charge in [0.1, 0.15) is 0 Å². The fourth-order valence-electron chi connectivity index (χ4n) is 3.42. The van der Waals surface area contributed by atoms with E-state index < -0.39 is 9.85 Å². The molecule has 0 fully saturated rings. The molecule has 3 aromatic rings. The molecule has 0 heterocycles. The van der Waals surface area contributed by atoms with Crippen molar-refractivity contribution in [3.8, 4) is 0 Å². The van der Waals surface area contributed by atoms with Gasteiger partial charge in [-0.3, -0.25) is 29.8 Å². The minimum atomic E-state index is -0.496. The number of rotatable bonds is 8. The zero-order valence-corrected chi connectivity index (χ0v) is 18.5. The zero-order valence-electron chi connectivity index (χ0n) is 18.5. The van der Waals surface area contributed by atoms with E-state index in [1.807, 2.05) is 18.2 Å². The molecule has 174 valence electrons. The van der Waals surface area contributed by atoms with Crippen LogP contribution in [0.1, 0.15) is 43.0 Å². The summed E-state index contributed by atoms with van der Waals surface area (Å²) in [4.78, 5) is 45.7. The van der Waals surface area contributed by atoms with Crippen molar-refractivity contribution in [3.63, 3.8) is 0 Å². The molecular weight excluding hydrogens is 440 g/mol. The van der Waals surface area contributed by atoms with Gasteiger partial charge in [-0.1, -0.05) is 24.3 Å². The molecule has 0 aliphatic heterocycles. The molecule has 0 spiro atoms. The van der Waals surface area contributed by atoms with E-state index in [0.29, 0.717) is 22.3 Å². The van der Waals surface area contributed by atoms with Gasteiger partial charge in [0.15, 0.2) is 0 Å². The highest BCUT2D eigenvalue weighted by Crippen LogP contribution is 2.20. The molecule has 10 heteroatoms. The van der Waals surface area contributed by atoms with Gasteiger partial charge < -0.3 is 10.6 Å². The summed E-state index contributed by atoms with van der Waals surface area (Å²) in [6, 6.07) is 15.7. The summed E-state index contributed by atoms with van der Waals surface area (Å²) in [5, 5.41) is 27.4. The average molecular weight is 462 g/mol. The Balaban J connectivity index is 1.58. The Morgan fingerprint density at radius 3 is 1.47 bits per heavy atom. The van der Waals surface area contributed by atoms with Crippen LogP contribution < -0.4 is 10.6 Å². The summed E-state index contributed by atoms with van der Waals surface area (Å²) >= 11 is 0. The number of nitro benzene ring substituents is 2. The van der Waals surface area contributed by atoms with Crippen LogP contribution in [0, 0.1) is 34.1 Å². The monoisotopic (exact) mass is 462 g/mol. The van der Waals surface area contributed by atoms with Crippen molar-refractivity contribution in [2.24, 2.45) is 0 Å². The predicted octanol–water partition coefficient (Wildman–Crippen LogP) is 3.98. The first kappa shape index (κ1) is 24.1. The standard InChI is InChI=1S/C24H22N4O6/c1-15-10-19(6-8-21(15)27(31)32)23(29)25-13-17-4-3-5-18(12-17)14-26-24(30)20-7-9-22(28(33)34)16(2)11-20/h3-12H,13-14H2,1-2H3,(H,25,29)(H,26,30). The number of carbonyl (C=O) groups is 2. The predicted molar refractivity (Wildman–Crippen MR) is 124 cm³/mol. The molecule has 0 saturated carbocycles. The largest absolute Gasteiger partial charge is 0.348 e. The van der Waals surface area contributed by atoms with Crippen LogP contribution in [0.5, 0.6) is 0 Å². The molecule has 3 rings (SSSR count). The highest BCUT2D eigenvalue weighted by molar-refractivity contribution is 5.95. The van der Waals surface area contributed by atoms with Gasteiger partial charge >= 0.3 is 0 Å². The van der Waals surface area contributed by atoms with Crippen LogP contribution in [0.4, 0.5) is 11.4 Å². The molecule has 0 aromatic heterocycles. The minimum absolute atomic E-state index is 0.0461. The molecular formula is C24H22N4O6. The van der Waals surface area contributed by atoms with Crippen LogP contribution in [-0.2, 0) is 13.1 Å². The van der Waals surface area contributed by atoms with Gasteiger partial charge in [0, 0.05) is 47.5 Å². The van der Waals surface area contributed by atoms with Gasteiger partial charge in [-0.25, -0.2) is 0 Å². The lowest BCUT2D eigenvalue weighted by atomic mass is 10.1. The Morgan fingerprint density at radius 1 is 0.706 bits per heavy atom. The highest BCUT2D eigenvalue weighted by atomic mass is 16.6. The molecule has 0 unspecified atom stereocenters. The molecule has 2 amide bonds. The molecule has 0 bridgehead atoms. The normalized spacial score (nSPS) is 10.4. The number of nitro groups is 2. The van der Waals surface area contributed by atoms with E-state index in [1.54, 1.807) is 19.9 Å². The topological polar surface area (TPSA) is 144 Å². The number of benzene rings is 3. The first-order valence-electron chi connectivity index (χ1n) is 10.3. The number of amides is 2. The summed E-state index contributed by atoms with van der Waals surface area (Å²) < 4.78 is 0. The van der Waals surface area contributed by atoms with Crippen LogP contribution in [0.3, 0.4) is 0 Å². The molecule has 0 aliphatic carbocycles. The van der Waals surface area contributed by atoms with Crippen molar-refractivity contribution in [1.29, 1.82) is 0 Å². The van der Waals surface area contributed by atoms with Gasteiger partial charge in [0.05, 0.1) is 9.85 Å². The lowest BCUT2D eigenvalue weighted by Gasteiger charge is -2.10. The van der Waals surface area contributed by atoms with E-state index >= 15 is 0 Å². The first-order valence-corrected chi connectivity index (χ1v) is 10.3. The SMILES string of the molecule is Cc1cc(C(=O)NCc2cccc(CNC(=O)c3ccc([N+](=O)[O-])c(C)c3)c2)ccc1[N+](=O)[O-]. The van der Waals surface area contributed by atoms with Gasteiger partial charge in [-0.2, -0.15) is 0 Å². The van der Waals surface area contributed by atoms with Crippen molar-refractivity contribution in [2.75, 3.05) is 0 Å². The van der Waals surface area contributed by atoms with Crippen LogP contribution in [-0.4, -0.2) is 21.7 Å². The van der Waals surface area contributed by atoms with E-state index in [0.717, 1.165) is 11.1 Å². The Hall–Kier alpha value is -4.60. The van der Waals surface area contributed by atoms with Gasteiger partial charge in [-0.05, 0) is 49.2 Å². The van der Waals surface area contributed by atoms with E-state index in [4.69, 9.17) is 0 Å². The smallest absolute Gasteiger partial charge is 0.272 e. The third-order valence-electron chi connectivity index (χ3n) is 5.21. The molecule has 0 aliphatic rings. The third kappa shape index (κ3) is 5.80. The summed E-state index contributed by atoms with van der Waals surface area (Å²) in [5.41, 5.74) is 2.98. The number of hydrogen-bond donors (Lipinski definition) is 2. The number of nitrogens with one attached hydrogen (secondary N) is 2. The fourth-order valence-corrected chi connectivity index (χ4v) is 3.42. The van der Waals surface area contributed by atoms with Crippen LogP contribution in [0.2, 0.25) is 0 Å². The maximum absolute atomic E-state index is 12.4. The molecule has 0 saturated heterocycles. The van der Waals surface area contributed by atoms with Crippen LogP contribution in [0.25, 0.3) is 0 Å². The number of hydrogen-bond acceptors (Lipinski definition) is 6. The Bertz CT molecular complexity index is 1190.